The summed E-state index contributed by atoms with van der Waals surface area (Å²) in [5, 5.41) is 20.8. The van der Waals surface area contributed by atoms with Crippen LogP contribution in [0.4, 0.5) is 0 Å². The molecule has 1 aromatic heterocycles. The Bertz CT molecular complexity index is 3470. The third-order valence-electron chi connectivity index (χ3n) is 11.6. The molecule has 0 radical (unpaired) electrons. The molecule has 53 heavy (non-hydrogen) atoms. The summed E-state index contributed by atoms with van der Waals surface area (Å²) < 4.78 is 2.72. The number of hydrogen-bond acceptors (Lipinski definition) is 1. The van der Waals surface area contributed by atoms with Crippen molar-refractivity contribution in [2.24, 2.45) is 0 Å². The average molecular weight is 687 g/mol. The molecule has 0 aliphatic heterocycles. The maximum absolute atomic E-state index is 2.42. The van der Waals surface area contributed by atoms with E-state index in [1.165, 1.54) is 118 Å². The Hall–Kier alpha value is -6.54. The van der Waals surface area contributed by atoms with Gasteiger partial charge in [-0.1, -0.05) is 164 Å². The highest BCUT2D eigenvalue weighted by atomic mass is 32.1. The van der Waals surface area contributed by atoms with Gasteiger partial charge in [-0.15, -0.1) is 11.3 Å². The van der Waals surface area contributed by atoms with Crippen molar-refractivity contribution >= 4 is 107 Å². The van der Waals surface area contributed by atoms with Gasteiger partial charge in [0.05, 0.1) is 0 Å². The predicted octanol–water partition coefficient (Wildman–Crippen LogP) is 15.5. The lowest BCUT2D eigenvalue weighted by molar-refractivity contribution is 1.69. The minimum atomic E-state index is 1.24. The SMILES string of the molecule is c1ccc2c(c1)ccc1c3cccc(-c4ccc5ccc6c7cc(-c8ccc9c%10ccccc%10c%10ccccc%10c9c8)ccc7ccc6c5c4)c3sc21. The first kappa shape index (κ1) is 29.1. The molecular weight excluding hydrogens is 657 g/mol. The van der Waals surface area contributed by atoms with Gasteiger partial charge in [-0.2, -0.15) is 0 Å². The molecular formula is C52H30S. The molecule has 0 saturated heterocycles. The van der Waals surface area contributed by atoms with Crippen LogP contribution in [0.25, 0.3) is 118 Å². The highest BCUT2D eigenvalue weighted by Gasteiger charge is 2.15. The van der Waals surface area contributed by atoms with E-state index < -0.39 is 0 Å². The highest BCUT2D eigenvalue weighted by Crippen LogP contribution is 2.44. The quantitative estimate of drug-likeness (QED) is 0.159. The summed E-state index contributed by atoms with van der Waals surface area (Å²) in [5.74, 6) is 0. The molecule has 0 aliphatic carbocycles. The Morgan fingerprint density at radius 1 is 0.226 bits per heavy atom. The van der Waals surface area contributed by atoms with E-state index in [0.29, 0.717) is 0 Å². The number of hydrogen-bond donors (Lipinski definition) is 0. The topological polar surface area (TPSA) is 0 Å². The lowest BCUT2D eigenvalue weighted by Gasteiger charge is -2.13. The van der Waals surface area contributed by atoms with Crippen molar-refractivity contribution in [1.29, 1.82) is 0 Å². The third kappa shape index (κ3) is 4.23. The second kappa shape index (κ2) is 11.0. The van der Waals surface area contributed by atoms with Gasteiger partial charge in [0.2, 0.25) is 0 Å². The van der Waals surface area contributed by atoms with E-state index in [9.17, 15) is 0 Å². The Kier molecular flexibility index (Phi) is 6.03. The zero-order valence-electron chi connectivity index (χ0n) is 28.7. The zero-order valence-corrected chi connectivity index (χ0v) is 29.5. The Balaban J connectivity index is 1.04. The largest absolute Gasteiger partial charge is 0.134 e. The van der Waals surface area contributed by atoms with Crippen LogP contribution >= 0.6 is 11.3 Å². The van der Waals surface area contributed by atoms with Crippen LogP contribution in [0.1, 0.15) is 0 Å². The molecule has 1 heterocycles. The molecule has 0 spiro atoms. The fourth-order valence-electron chi connectivity index (χ4n) is 9.05. The number of fused-ring (bicyclic) bond motifs is 16. The van der Waals surface area contributed by atoms with Crippen molar-refractivity contribution < 1.29 is 0 Å². The van der Waals surface area contributed by atoms with Crippen LogP contribution in [0.2, 0.25) is 0 Å². The fourth-order valence-corrected chi connectivity index (χ4v) is 10.4. The van der Waals surface area contributed by atoms with Gasteiger partial charge in [-0.25, -0.2) is 0 Å². The van der Waals surface area contributed by atoms with Crippen molar-refractivity contribution in [3.63, 3.8) is 0 Å². The van der Waals surface area contributed by atoms with Crippen LogP contribution in [0.3, 0.4) is 0 Å². The molecule has 0 aliphatic rings. The number of rotatable bonds is 2. The summed E-state index contributed by atoms with van der Waals surface area (Å²) >= 11 is 1.92. The molecule has 0 fully saturated rings. The Morgan fingerprint density at radius 2 is 0.623 bits per heavy atom. The van der Waals surface area contributed by atoms with Gasteiger partial charge in [0.1, 0.15) is 0 Å². The molecule has 0 bridgehead atoms. The van der Waals surface area contributed by atoms with Crippen molar-refractivity contribution in [1.82, 2.24) is 0 Å². The highest BCUT2D eigenvalue weighted by molar-refractivity contribution is 7.27. The van der Waals surface area contributed by atoms with Crippen molar-refractivity contribution in [2.75, 3.05) is 0 Å². The molecule has 12 aromatic rings. The summed E-state index contributed by atoms with van der Waals surface area (Å²) in [7, 11) is 0. The predicted molar refractivity (Wildman–Crippen MR) is 233 cm³/mol. The van der Waals surface area contributed by atoms with Crippen LogP contribution in [0.5, 0.6) is 0 Å². The summed E-state index contributed by atoms with van der Waals surface area (Å²) in [6.07, 6.45) is 0. The molecule has 1 heteroatoms. The van der Waals surface area contributed by atoms with E-state index in [1.54, 1.807) is 0 Å². The molecule has 0 nitrogen and oxygen atoms in total. The molecule has 244 valence electrons. The maximum atomic E-state index is 2.42. The smallest absolute Gasteiger partial charge is 0.0434 e. The monoisotopic (exact) mass is 686 g/mol. The van der Waals surface area contributed by atoms with Gasteiger partial charge in [0.25, 0.3) is 0 Å². The molecule has 0 saturated carbocycles. The summed E-state index contributed by atoms with van der Waals surface area (Å²) in [4.78, 5) is 0. The molecule has 0 atom stereocenters. The maximum Gasteiger partial charge on any atom is 0.0434 e. The lowest BCUT2D eigenvalue weighted by atomic mass is 9.90. The lowest BCUT2D eigenvalue weighted by Crippen LogP contribution is -1.86. The van der Waals surface area contributed by atoms with E-state index in [4.69, 9.17) is 0 Å². The minimum Gasteiger partial charge on any atom is -0.134 e. The summed E-state index contributed by atoms with van der Waals surface area (Å²) in [6.45, 7) is 0. The standard InChI is InChI=1S/C52H30S/c1-2-9-37-31(8-1)22-27-47-46-15-7-14-38(52(46)53-51(37)47)36-19-17-33-21-24-43-44(49(33)30-36)25-20-32-16-18-34(28-48(32)43)35-23-26-45-41-12-4-3-10-39(41)40-11-5-6-13-42(40)50(45)29-35/h1-30H. The van der Waals surface area contributed by atoms with Crippen molar-refractivity contribution in [3.05, 3.63) is 182 Å². The second-order valence-corrected chi connectivity index (χ2v) is 15.4. The van der Waals surface area contributed by atoms with E-state index in [0.717, 1.165) is 0 Å². The molecule has 0 unspecified atom stereocenters. The van der Waals surface area contributed by atoms with Gasteiger partial charge in [0.15, 0.2) is 0 Å². The normalized spacial score (nSPS) is 12.2. The molecule has 0 N–H and O–H groups in total. The molecule has 0 amide bonds. The first-order chi connectivity index (χ1) is 26.3. The summed E-state index contributed by atoms with van der Waals surface area (Å²) in [6, 6.07) is 68.0. The van der Waals surface area contributed by atoms with E-state index >= 15 is 0 Å². The molecule has 12 rings (SSSR count). The number of thiophene rings is 1. The van der Waals surface area contributed by atoms with Gasteiger partial charge >= 0.3 is 0 Å². The van der Waals surface area contributed by atoms with Crippen LogP contribution in [-0.4, -0.2) is 0 Å². The minimum absolute atomic E-state index is 1.24. The van der Waals surface area contributed by atoms with Gasteiger partial charge in [-0.3, -0.25) is 0 Å². The van der Waals surface area contributed by atoms with E-state index in [-0.39, 0.29) is 0 Å². The Labute approximate surface area is 309 Å². The van der Waals surface area contributed by atoms with E-state index in [2.05, 4.69) is 182 Å². The van der Waals surface area contributed by atoms with Gasteiger partial charge in [0, 0.05) is 20.2 Å². The first-order valence-electron chi connectivity index (χ1n) is 18.3. The number of benzene rings is 11. The first-order valence-corrected chi connectivity index (χ1v) is 19.1. The molecule has 11 aromatic carbocycles. The van der Waals surface area contributed by atoms with Crippen LogP contribution in [-0.2, 0) is 0 Å². The van der Waals surface area contributed by atoms with Crippen LogP contribution < -0.4 is 0 Å². The van der Waals surface area contributed by atoms with E-state index in [1.807, 2.05) is 11.3 Å². The average Bonchev–Trinajstić information content (AvgIpc) is 3.63. The van der Waals surface area contributed by atoms with Crippen molar-refractivity contribution in [3.8, 4) is 22.3 Å². The van der Waals surface area contributed by atoms with Crippen molar-refractivity contribution in [2.45, 2.75) is 0 Å². The Morgan fingerprint density at radius 3 is 1.30 bits per heavy atom. The van der Waals surface area contributed by atoms with Crippen LogP contribution in [0.15, 0.2) is 182 Å². The zero-order chi connectivity index (χ0) is 34.6. The third-order valence-corrected chi connectivity index (χ3v) is 12.9. The van der Waals surface area contributed by atoms with Gasteiger partial charge in [-0.05, 0) is 116 Å². The van der Waals surface area contributed by atoms with Crippen LogP contribution in [0, 0.1) is 0 Å². The fraction of sp³-hybridized carbons (Fsp3) is 0. The second-order valence-electron chi connectivity index (χ2n) is 14.4. The van der Waals surface area contributed by atoms with Gasteiger partial charge < -0.3 is 0 Å². The summed E-state index contributed by atoms with van der Waals surface area (Å²) in [5.41, 5.74) is 5.04.